The molecule has 1 saturated heterocycles. The second-order valence-corrected chi connectivity index (χ2v) is 8.91. The minimum Gasteiger partial charge on any atom is -0.393 e. The van der Waals surface area contributed by atoms with Gasteiger partial charge in [0.2, 0.25) is 10.0 Å². The van der Waals surface area contributed by atoms with Gasteiger partial charge in [-0.25, -0.2) is 8.42 Å². The Bertz CT molecular complexity index is 706. The molecule has 0 spiro atoms. The average molecular weight is 366 g/mol. The molecule has 2 aliphatic rings. The Hall–Kier alpha value is -1.44. The van der Waals surface area contributed by atoms with Gasteiger partial charge in [0.05, 0.1) is 11.0 Å². The minimum atomic E-state index is -3.54. The van der Waals surface area contributed by atoms with Crippen molar-refractivity contribution >= 4 is 15.9 Å². The molecule has 6 nitrogen and oxygen atoms in total. The fourth-order valence-corrected chi connectivity index (χ4v) is 5.10. The van der Waals surface area contributed by atoms with Gasteiger partial charge in [-0.2, -0.15) is 4.31 Å². The highest BCUT2D eigenvalue weighted by atomic mass is 32.2. The third-order valence-corrected chi connectivity index (χ3v) is 6.98. The Morgan fingerprint density at radius 1 is 1.08 bits per heavy atom. The van der Waals surface area contributed by atoms with E-state index < -0.39 is 10.0 Å². The highest BCUT2D eigenvalue weighted by molar-refractivity contribution is 7.89. The van der Waals surface area contributed by atoms with Gasteiger partial charge in [0.15, 0.2) is 0 Å². The maximum absolute atomic E-state index is 12.8. The second kappa shape index (κ2) is 7.85. The third-order valence-electron chi connectivity index (χ3n) is 5.08. The van der Waals surface area contributed by atoms with Crippen molar-refractivity contribution in [3.8, 4) is 0 Å². The number of hydrogen-bond acceptors (Lipinski definition) is 4. The standard InChI is InChI=1S/C18H26N2O4S/c21-16-9-7-15(8-10-16)19-18(22)14-5-4-6-17(13-14)25(23,24)20-11-2-1-3-12-20/h4-6,13,15-16,21H,1-3,7-12H2,(H,19,22). The predicted molar refractivity (Wildman–Crippen MR) is 94.8 cm³/mol. The summed E-state index contributed by atoms with van der Waals surface area (Å²) in [5, 5.41) is 12.5. The van der Waals surface area contributed by atoms with Gasteiger partial charge >= 0.3 is 0 Å². The van der Waals surface area contributed by atoms with E-state index in [0.717, 1.165) is 32.1 Å². The van der Waals surface area contributed by atoms with E-state index in [-0.39, 0.29) is 22.9 Å². The number of benzene rings is 1. The van der Waals surface area contributed by atoms with Crippen LogP contribution in [0.4, 0.5) is 0 Å². The summed E-state index contributed by atoms with van der Waals surface area (Å²) in [6.07, 6.45) is 5.43. The number of nitrogens with one attached hydrogen (secondary N) is 1. The van der Waals surface area contributed by atoms with Gasteiger partial charge in [0.25, 0.3) is 5.91 Å². The fourth-order valence-electron chi connectivity index (χ4n) is 3.54. The summed E-state index contributed by atoms with van der Waals surface area (Å²) in [5.74, 6) is -0.253. The van der Waals surface area contributed by atoms with Gasteiger partial charge in [-0.1, -0.05) is 12.5 Å². The SMILES string of the molecule is O=C(NC1CCC(O)CC1)c1cccc(S(=O)(=O)N2CCCCC2)c1. The molecule has 2 N–H and O–H groups in total. The Morgan fingerprint density at radius 2 is 1.76 bits per heavy atom. The first kappa shape index (κ1) is 18.4. The number of piperidine rings is 1. The van der Waals surface area contributed by atoms with Crippen LogP contribution in [0.25, 0.3) is 0 Å². The molecular formula is C18H26N2O4S. The Balaban J connectivity index is 1.71. The van der Waals surface area contributed by atoms with E-state index in [1.807, 2.05) is 0 Å². The van der Waals surface area contributed by atoms with Crippen LogP contribution in [0.2, 0.25) is 0 Å². The minimum absolute atomic E-state index is 0.0401. The molecule has 0 radical (unpaired) electrons. The molecule has 1 aromatic rings. The van der Waals surface area contributed by atoms with Crippen LogP contribution in [0.1, 0.15) is 55.3 Å². The number of carbonyl (C=O) groups is 1. The van der Waals surface area contributed by atoms with Crippen molar-refractivity contribution in [1.29, 1.82) is 0 Å². The highest BCUT2D eigenvalue weighted by Crippen LogP contribution is 2.22. The van der Waals surface area contributed by atoms with Crippen LogP contribution in [0.5, 0.6) is 0 Å². The molecule has 1 saturated carbocycles. The number of sulfonamides is 1. The van der Waals surface area contributed by atoms with E-state index in [2.05, 4.69) is 5.32 Å². The van der Waals surface area contributed by atoms with Gasteiger partial charge in [-0.3, -0.25) is 4.79 Å². The van der Waals surface area contributed by atoms with Crippen molar-refractivity contribution in [2.45, 2.75) is 62.0 Å². The summed E-state index contributed by atoms with van der Waals surface area (Å²) >= 11 is 0. The summed E-state index contributed by atoms with van der Waals surface area (Å²) in [4.78, 5) is 12.6. The summed E-state index contributed by atoms with van der Waals surface area (Å²) in [7, 11) is -3.54. The van der Waals surface area contributed by atoms with Gasteiger partial charge < -0.3 is 10.4 Å². The number of carbonyl (C=O) groups excluding carboxylic acids is 1. The lowest BCUT2D eigenvalue weighted by Gasteiger charge is -2.27. The lowest BCUT2D eigenvalue weighted by atomic mass is 9.93. The van der Waals surface area contributed by atoms with Crippen molar-refractivity contribution in [1.82, 2.24) is 9.62 Å². The number of hydrogen-bond donors (Lipinski definition) is 2. The summed E-state index contributed by atoms with van der Waals surface area (Å²) < 4.78 is 27.0. The van der Waals surface area contributed by atoms with Crippen molar-refractivity contribution in [2.24, 2.45) is 0 Å². The Morgan fingerprint density at radius 3 is 2.44 bits per heavy atom. The number of nitrogens with zero attached hydrogens (tertiary/aromatic N) is 1. The number of rotatable bonds is 4. The van der Waals surface area contributed by atoms with Crippen LogP contribution < -0.4 is 5.32 Å². The highest BCUT2D eigenvalue weighted by Gasteiger charge is 2.27. The number of amides is 1. The summed E-state index contributed by atoms with van der Waals surface area (Å²) in [6.45, 7) is 1.09. The quantitative estimate of drug-likeness (QED) is 0.852. The monoisotopic (exact) mass is 366 g/mol. The molecule has 1 heterocycles. The maximum Gasteiger partial charge on any atom is 0.251 e. The third kappa shape index (κ3) is 4.40. The lowest BCUT2D eigenvalue weighted by Crippen LogP contribution is -2.39. The van der Waals surface area contributed by atoms with Gasteiger partial charge in [0.1, 0.15) is 0 Å². The number of aliphatic hydroxyl groups is 1. The summed E-state index contributed by atoms with van der Waals surface area (Å²) in [6, 6.07) is 6.33. The molecule has 7 heteroatoms. The Kier molecular flexibility index (Phi) is 5.76. The van der Waals surface area contributed by atoms with Crippen molar-refractivity contribution in [2.75, 3.05) is 13.1 Å². The van der Waals surface area contributed by atoms with Gasteiger partial charge in [0, 0.05) is 24.7 Å². The second-order valence-electron chi connectivity index (χ2n) is 6.97. The molecule has 1 aliphatic heterocycles. The van der Waals surface area contributed by atoms with E-state index in [0.29, 0.717) is 31.5 Å². The molecule has 1 amide bonds. The fraction of sp³-hybridized carbons (Fsp3) is 0.611. The van der Waals surface area contributed by atoms with E-state index >= 15 is 0 Å². The van der Waals surface area contributed by atoms with Crippen LogP contribution in [-0.4, -0.2) is 49.0 Å². The van der Waals surface area contributed by atoms with E-state index in [9.17, 15) is 18.3 Å². The number of aliphatic hydroxyl groups excluding tert-OH is 1. The van der Waals surface area contributed by atoms with E-state index in [4.69, 9.17) is 0 Å². The first-order valence-electron chi connectivity index (χ1n) is 9.06. The zero-order valence-electron chi connectivity index (χ0n) is 14.4. The van der Waals surface area contributed by atoms with Gasteiger partial charge in [-0.05, 0) is 56.7 Å². The van der Waals surface area contributed by atoms with Crippen molar-refractivity contribution < 1.29 is 18.3 Å². The summed E-state index contributed by atoms with van der Waals surface area (Å²) in [5.41, 5.74) is 0.365. The largest absolute Gasteiger partial charge is 0.393 e. The molecule has 2 fully saturated rings. The molecule has 1 aromatic carbocycles. The molecule has 3 rings (SSSR count). The van der Waals surface area contributed by atoms with E-state index in [1.54, 1.807) is 18.2 Å². The van der Waals surface area contributed by atoms with Crippen LogP contribution in [0.15, 0.2) is 29.2 Å². The average Bonchev–Trinajstić information content (AvgIpc) is 2.64. The Labute approximate surface area is 149 Å². The maximum atomic E-state index is 12.8. The predicted octanol–water partition coefficient (Wildman–Crippen LogP) is 1.89. The molecule has 0 aromatic heterocycles. The zero-order chi connectivity index (χ0) is 17.9. The molecule has 0 unspecified atom stereocenters. The molecule has 1 aliphatic carbocycles. The van der Waals surface area contributed by atoms with Gasteiger partial charge in [-0.15, -0.1) is 0 Å². The molecule has 0 bridgehead atoms. The molecule has 0 atom stereocenters. The normalized spacial score (nSPS) is 25.5. The van der Waals surface area contributed by atoms with Crippen LogP contribution in [-0.2, 0) is 10.0 Å². The zero-order valence-corrected chi connectivity index (χ0v) is 15.2. The van der Waals surface area contributed by atoms with Crippen LogP contribution >= 0.6 is 0 Å². The van der Waals surface area contributed by atoms with Crippen molar-refractivity contribution in [3.63, 3.8) is 0 Å². The van der Waals surface area contributed by atoms with Crippen LogP contribution in [0, 0.1) is 0 Å². The van der Waals surface area contributed by atoms with Crippen LogP contribution in [0.3, 0.4) is 0 Å². The molecule has 25 heavy (non-hydrogen) atoms. The first-order valence-corrected chi connectivity index (χ1v) is 10.5. The molecular weight excluding hydrogens is 340 g/mol. The smallest absolute Gasteiger partial charge is 0.251 e. The molecule has 138 valence electrons. The topological polar surface area (TPSA) is 86.7 Å². The first-order chi connectivity index (χ1) is 12.0. The lowest BCUT2D eigenvalue weighted by molar-refractivity contribution is 0.0867. The van der Waals surface area contributed by atoms with Crippen molar-refractivity contribution in [3.05, 3.63) is 29.8 Å². The van der Waals surface area contributed by atoms with E-state index in [1.165, 1.54) is 10.4 Å².